The zero-order valence-corrected chi connectivity index (χ0v) is 20.1. The van der Waals surface area contributed by atoms with Gasteiger partial charge in [0.1, 0.15) is 11.2 Å². The van der Waals surface area contributed by atoms with Gasteiger partial charge < -0.3 is 15.0 Å². The number of hydrogen-bond donors (Lipinski definition) is 1. The molecule has 4 rings (SSSR count). The van der Waals surface area contributed by atoms with Gasteiger partial charge in [0.2, 0.25) is 5.91 Å². The second kappa shape index (κ2) is 10.1. The molecule has 1 aromatic heterocycles. The van der Waals surface area contributed by atoms with Gasteiger partial charge in [0.25, 0.3) is 5.91 Å². The van der Waals surface area contributed by atoms with Crippen LogP contribution in [0.5, 0.6) is 0 Å². The normalized spacial score (nSPS) is 21.2. The summed E-state index contributed by atoms with van der Waals surface area (Å²) in [6, 6.07) is 10.3. The van der Waals surface area contributed by atoms with Crippen LogP contribution in [-0.2, 0) is 22.5 Å². The van der Waals surface area contributed by atoms with Gasteiger partial charge in [-0.15, -0.1) is 0 Å². The smallest absolute Gasteiger partial charge is 0.273 e. The van der Waals surface area contributed by atoms with Crippen LogP contribution in [0.2, 0.25) is 0 Å². The number of fused-ring (bicyclic) bond motifs is 1. The van der Waals surface area contributed by atoms with E-state index in [0.717, 1.165) is 43.4 Å². The van der Waals surface area contributed by atoms with Crippen molar-refractivity contribution in [2.75, 3.05) is 20.3 Å². The molecule has 0 spiro atoms. The van der Waals surface area contributed by atoms with Crippen molar-refractivity contribution < 1.29 is 14.3 Å². The van der Waals surface area contributed by atoms with Gasteiger partial charge in [-0.2, -0.15) is 5.10 Å². The molecule has 2 aliphatic rings. The van der Waals surface area contributed by atoms with E-state index in [0.29, 0.717) is 31.8 Å². The second-order valence-electron chi connectivity index (χ2n) is 9.51. The number of nitrogens with one attached hydrogen (secondary N) is 1. The Balaban J connectivity index is 1.63. The number of methoxy groups -OCH3 is 1. The average molecular weight is 453 g/mol. The molecule has 0 bridgehead atoms. The summed E-state index contributed by atoms with van der Waals surface area (Å²) in [4.78, 5) is 28.9. The van der Waals surface area contributed by atoms with E-state index < -0.39 is 5.54 Å². The summed E-state index contributed by atoms with van der Waals surface area (Å²) in [5.74, 6) is -0.238. The maximum Gasteiger partial charge on any atom is 0.273 e. The van der Waals surface area contributed by atoms with Crippen LogP contribution >= 0.6 is 0 Å². The van der Waals surface area contributed by atoms with E-state index in [1.54, 1.807) is 16.7 Å². The first-order valence-corrected chi connectivity index (χ1v) is 12.3. The quantitative estimate of drug-likeness (QED) is 0.618. The van der Waals surface area contributed by atoms with Crippen molar-refractivity contribution in [2.45, 2.75) is 76.9 Å². The molecule has 1 atom stereocenters. The number of rotatable bonds is 8. The lowest BCUT2D eigenvalue weighted by Gasteiger charge is -2.44. The van der Waals surface area contributed by atoms with Crippen molar-refractivity contribution in [2.24, 2.45) is 0 Å². The Morgan fingerprint density at radius 2 is 1.94 bits per heavy atom. The number of nitrogens with zero attached hydrogens (tertiary/aromatic N) is 3. The van der Waals surface area contributed by atoms with Crippen molar-refractivity contribution in [3.8, 4) is 11.3 Å². The summed E-state index contributed by atoms with van der Waals surface area (Å²) in [5, 5.41) is 7.99. The third-order valence-corrected chi connectivity index (χ3v) is 7.12. The van der Waals surface area contributed by atoms with Crippen molar-refractivity contribution in [3.63, 3.8) is 0 Å². The molecular weight excluding hydrogens is 416 g/mol. The maximum absolute atomic E-state index is 13.6. The SMILES string of the molecule is CCc1ccc(-c2cc3n(n2)CC(C)(C(=O)NC2CCCCC2)N(CCCOC)C3=O)cc1. The predicted molar refractivity (Wildman–Crippen MR) is 128 cm³/mol. The molecule has 33 heavy (non-hydrogen) atoms. The van der Waals surface area contributed by atoms with E-state index in [9.17, 15) is 9.59 Å². The first-order valence-electron chi connectivity index (χ1n) is 12.3. The van der Waals surface area contributed by atoms with E-state index in [1.807, 2.05) is 25.1 Å². The lowest BCUT2D eigenvalue weighted by atomic mass is 9.91. The molecule has 0 radical (unpaired) electrons. The largest absolute Gasteiger partial charge is 0.385 e. The first-order chi connectivity index (χ1) is 16.0. The van der Waals surface area contributed by atoms with Crippen molar-refractivity contribution in [1.29, 1.82) is 0 Å². The Morgan fingerprint density at radius 3 is 2.61 bits per heavy atom. The van der Waals surface area contributed by atoms with Crippen LogP contribution in [0.3, 0.4) is 0 Å². The van der Waals surface area contributed by atoms with Crippen molar-refractivity contribution in [3.05, 3.63) is 41.6 Å². The molecule has 2 heterocycles. The van der Waals surface area contributed by atoms with E-state index >= 15 is 0 Å². The number of ether oxygens (including phenoxy) is 1. The Morgan fingerprint density at radius 1 is 1.21 bits per heavy atom. The van der Waals surface area contributed by atoms with Crippen molar-refractivity contribution in [1.82, 2.24) is 20.0 Å². The van der Waals surface area contributed by atoms with Gasteiger partial charge in [0.05, 0.1) is 12.2 Å². The van der Waals surface area contributed by atoms with Gasteiger partial charge in [0, 0.05) is 31.9 Å². The molecule has 1 aliphatic heterocycles. The van der Waals surface area contributed by atoms with Crippen molar-refractivity contribution >= 4 is 11.8 Å². The average Bonchev–Trinajstić information content (AvgIpc) is 3.26. The number of amides is 2. The Hall–Kier alpha value is -2.67. The summed E-state index contributed by atoms with van der Waals surface area (Å²) >= 11 is 0. The molecule has 178 valence electrons. The molecule has 1 aromatic carbocycles. The molecule has 2 aromatic rings. The predicted octanol–water partition coefficient (Wildman–Crippen LogP) is 3.81. The highest BCUT2D eigenvalue weighted by atomic mass is 16.5. The standard InChI is InChI=1S/C26H36N4O3/c1-4-19-11-13-20(14-12-19)22-17-23-24(31)29(15-8-16-33-3)26(2,18-30(23)28-22)25(32)27-21-9-6-5-7-10-21/h11-14,17,21H,4-10,15-16,18H2,1-3H3,(H,27,32). The van der Waals surface area contributed by atoms with Gasteiger partial charge >= 0.3 is 0 Å². The minimum Gasteiger partial charge on any atom is -0.385 e. The number of aromatic nitrogens is 2. The molecule has 1 fully saturated rings. The van der Waals surface area contributed by atoms with E-state index in [2.05, 4.69) is 24.4 Å². The van der Waals surface area contributed by atoms with E-state index in [1.165, 1.54) is 12.0 Å². The third-order valence-electron chi connectivity index (χ3n) is 7.12. The molecule has 7 heteroatoms. The number of carbonyl (C=O) groups is 2. The number of hydrogen-bond acceptors (Lipinski definition) is 4. The second-order valence-corrected chi connectivity index (χ2v) is 9.51. The Labute approximate surface area is 196 Å². The fourth-order valence-electron chi connectivity index (χ4n) is 5.00. The summed E-state index contributed by atoms with van der Waals surface area (Å²) < 4.78 is 6.93. The summed E-state index contributed by atoms with van der Waals surface area (Å²) in [6.45, 7) is 5.34. The van der Waals surface area contributed by atoms with Gasteiger partial charge in [-0.3, -0.25) is 14.3 Å². The summed E-state index contributed by atoms with van der Waals surface area (Å²) in [7, 11) is 1.65. The highest BCUT2D eigenvalue weighted by Crippen LogP contribution is 2.31. The molecule has 1 unspecified atom stereocenters. The minimum atomic E-state index is -0.995. The van der Waals surface area contributed by atoms with Crippen LogP contribution < -0.4 is 5.32 Å². The molecule has 1 saturated carbocycles. The highest BCUT2D eigenvalue weighted by molar-refractivity contribution is 6.00. The molecule has 2 amide bonds. The monoisotopic (exact) mass is 452 g/mol. The van der Waals surface area contributed by atoms with Crippen LogP contribution in [0, 0.1) is 0 Å². The molecule has 0 saturated heterocycles. The van der Waals surface area contributed by atoms with Gasteiger partial charge in [-0.25, -0.2) is 0 Å². The van der Waals surface area contributed by atoms with Gasteiger partial charge in [-0.1, -0.05) is 50.5 Å². The fraction of sp³-hybridized carbons (Fsp3) is 0.577. The number of benzene rings is 1. The summed E-state index contributed by atoms with van der Waals surface area (Å²) in [6.07, 6.45) is 7.17. The number of carbonyl (C=O) groups excluding carboxylic acids is 2. The Bertz CT molecular complexity index is 978. The lowest BCUT2D eigenvalue weighted by Crippen LogP contribution is -2.65. The number of aryl methyl sites for hydroxylation is 1. The van der Waals surface area contributed by atoms with Gasteiger partial charge in [-0.05, 0) is 44.2 Å². The topological polar surface area (TPSA) is 76.5 Å². The minimum absolute atomic E-state index is 0.0878. The first kappa shape index (κ1) is 23.5. The van der Waals surface area contributed by atoms with E-state index in [4.69, 9.17) is 9.84 Å². The van der Waals surface area contributed by atoms with Gasteiger partial charge in [0.15, 0.2) is 0 Å². The molecule has 7 nitrogen and oxygen atoms in total. The molecule has 1 N–H and O–H groups in total. The maximum atomic E-state index is 13.6. The van der Waals surface area contributed by atoms with Crippen LogP contribution in [0.25, 0.3) is 11.3 Å². The Kier molecular flexibility index (Phi) is 7.17. The molecule has 1 aliphatic carbocycles. The van der Waals surface area contributed by atoms with Crippen LogP contribution in [0.1, 0.15) is 68.4 Å². The summed E-state index contributed by atoms with van der Waals surface area (Å²) in [5.41, 5.74) is 2.53. The third kappa shape index (κ3) is 4.83. The van der Waals surface area contributed by atoms with E-state index in [-0.39, 0.29) is 17.9 Å². The zero-order valence-electron chi connectivity index (χ0n) is 20.1. The molecular formula is C26H36N4O3. The zero-order chi connectivity index (χ0) is 23.4. The van der Waals surface area contributed by atoms with Crippen LogP contribution in [-0.4, -0.2) is 58.3 Å². The van der Waals surface area contributed by atoms with Crippen LogP contribution in [0.15, 0.2) is 30.3 Å². The van der Waals surface area contributed by atoms with Crippen LogP contribution in [0.4, 0.5) is 0 Å². The highest BCUT2D eigenvalue weighted by Gasteiger charge is 2.48. The lowest BCUT2D eigenvalue weighted by molar-refractivity contribution is -0.134. The fourth-order valence-corrected chi connectivity index (χ4v) is 5.00.